The summed E-state index contributed by atoms with van der Waals surface area (Å²) in [6, 6.07) is 22.7. The molecule has 0 saturated heterocycles. The van der Waals surface area contributed by atoms with Gasteiger partial charge in [-0.1, -0.05) is 60.2 Å². The van der Waals surface area contributed by atoms with E-state index in [4.69, 9.17) is 4.74 Å². The second kappa shape index (κ2) is 10.1. The van der Waals surface area contributed by atoms with Crippen LogP contribution >= 0.6 is 0 Å². The minimum atomic E-state index is 0.0132. The first-order chi connectivity index (χ1) is 14.0. The number of benzene rings is 2. The first kappa shape index (κ1) is 20.9. The molecule has 1 aromatic heterocycles. The first-order valence-electron chi connectivity index (χ1n) is 10.1. The van der Waals surface area contributed by atoms with Crippen LogP contribution in [0.15, 0.2) is 72.9 Å². The van der Waals surface area contributed by atoms with Gasteiger partial charge in [-0.15, -0.1) is 0 Å². The number of carbonyl (C=O) groups excluding carboxylic acids is 1. The zero-order valence-electron chi connectivity index (χ0n) is 17.5. The minimum absolute atomic E-state index is 0.0132. The van der Waals surface area contributed by atoms with Crippen LogP contribution in [0.3, 0.4) is 0 Å². The van der Waals surface area contributed by atoms with Crippen LogP contribution in [0.4, 0.5) is 0 Å². The molecule has 0 bridgehead atoms. The second-order valence-corrected chi connectivity index (χ2v) is 7.71. The van der Waals surface area contributed by atoms with E-state index in [0.717, 1.165) is 17.8 Å². The lowest BCUT2D eigenvalue weighted by molar-refractivity contribution is -0.139. The number of aryl methyl sites for hydroxylation is 1. The molecule has 0 N–H and O–H groups in total. The van der Waals surface area contributed by atoms with E-state index in [1.54, 1.807) is 0 Å². The van der Waals surface area contributed by atoms with Crippen LogP contribution in [-0.2, 0) is 29.2 Å². The third-order valence-electron chi connectivity index (χ3n) is 4.97. The van der Waals surface area contributed by atoms with Crippen molar-refractivity contribution < 1.29 is 9.53 Å². The maximum absolute atomic E-state index is 12.8. The molecule has 4 nitrogen and oxygen atoms in total. The molecular weight excluding hydrogens is 360 g/mol. The summed E-state index contributed by atoms with van der Waals surface area (Å²) in [6.07, 6.45) is 2.08. The molecule has 0 spiro atoms. The van der Waals surface area contributed by atoms with Crippen molar-refractivity contribution in [3.8, 4) is 0 Å². The molecule has 1 amide bonds. The number of carbonyl (C=O) groups is 1. The molecule has 3 aromatic rings. The van der Waals surface area contributed by atoms with Gasteiger partial charge in [-0.3, -0.25) is 4.79 Å². The van der Waals surface area contributed by atoms with Gasteiger partial charge < -0.3 is 14.2 Å². The number of hydrogen-bond donors (Lipinski definition) is 0. The van der Waals surface area contributed by atoms with E-state index in [1.807, 2.05) is 55.1 Å². The van der Waals surface area contributed by atoms with E-state index < -0.39 is 0 Å². The maximum atomic E-state index is 12.8. The lowest BCUT2D eigenvalue weighted by Gasteiger charge is -2.27. The number of nitrogens with zero attached hydrogens (tertiary/aromatic N) is 2. The van der Waals surface area contributed by atoms with Crippen LogP contribution in [0.2, 0.25) is 0 Å². The molecule has 0 atom stereocenters. The highest BCUT2D eigenvalue weighted by atomic mass is 16.5. The Balaban J connectivity index is 1.61. The summed E-state index contributed by atoms with van der Waals surface area (Å²) in [7, 11) is 0. The summed E-state index contributed by atoms with van der Waals surface area (Å²) in [5.41, 5.74) is 4.71. The van der Waals surface area contributed by atoms with Gasteiger partial charge >= 0.3 is 0 Å². The van der Waals surface area contributed by atoms with Crippen molar-refractivity contribution in [3.63, 3.8) is 0 Å². The number of ether oxygens (including phenoxy) is 1. The van der Waals surface area contributed by atoms with Gasteiger partial charge in [-0.2, -0.15) is 0 Å². The Morgan fingerprint density at radius 3 is 2.48 bits per heavy atom. The van der Waals surface area contributed by atoms with Gasteiger partial charge in [0.05, 0.1) is 13.2 Å². The summed E-state index contributed by atoms with van der Waals surface area (Å²) in [4.78, 5) is 14.7. The molecule has 0 aliphatic rings. The predicted octanol–water partition coefficient (Wildman–Crippen LogP) is 4.80. The van der Waals surface area contributed by atoms with Crippen molar-refractivity contribution in [2.75, 3.05) is 6.61 Å². The van der Waals surface area contributed by atoms with Crippen LogP contribution < -0.4 is 0 Å². The average molecular weight is 391 g/mol. The molecule has 0 saturated carbocycles. The lowest BCUT2D eigenvalue weighted by atomic mass is 10.1. The number of hydrogen-bond acceptors (Lipinski definition) is 2. The SMILES string of the molecule is Cc1cccc(Cn2cccc2CN(C(=O)COCc2ccccc2)C(C)C)c1. The van der Waals surface area contributed by atoms with Gasteiger partial charge in [0.25, 0.3) is 0 Å². The van der Waals surface area contributed by atoms with Gasteiger partial charge in [0.2, 0.25) is 5.91 Å². The molecule has 0 fully saturated rings. The van der Waals surface area contributed by atoms with Gasteiger partial charge in [-0.25, -0.2) is 0 Å². The normalized spacial score (nSPS) is 11.0. The number of rotatable bonds is 9. The van der Waals surface area contributed by atoms with Crippen molar-refractivity contribution in [2.45, 2.75) is 46.5 Å². The van der Waals surface area contributed by atoms with E-state index in [0.29, 0.717) is 13.2 Å². The van der Waals surface area contributed by atoms with Crippen molar-refractivity contribution >= 4 is 5.91 Å². The molecule has 4 heteroatoms. The monoisotopic (exact) mass is 390 g/mol. The quantitative estimate of drug-likeness (QED) is 0.526. The fourth-order valence-electron chi connectivity index (χ4n) is 3.40. The lowest BCUT2D eigenvalue weighted by Crippen LogP contribution is -2.39. The Morgan fingerprint density at radius 1 is 1.00 bits per heavy atom. The van der Waals surface area contributed by atoms with Crippen molar-refractivity contribution in [1.29, 1.82) is 0 Å². The number of aromatic nitrogens is 1. The Kier molecular flexibility index (Phi) is 7.25. The Hall–Kier alpha value is -2.85. The van der Waals surface area contributed by atoms with Crippen LogP contribution in [-0.4, -0.2) is 28.0 Å². The van der Waals surface area contributed by atoms with Crippen molar-refractivity contribution in [1.82, 2.24) is 9.47 Å². The van der Waals surface area contributed by atoms with Crippen LogP contribution in [0, 0.1) is 6.92 Å². The van der Waals surface area contributed by atoms with E-state index in [1.165, 1.54) is 11.1 Å². The zero-order valence-corrected chi connectivity index (χ0v) is 17.5. The van der Waals surface area contributed by atoms with Crippen molar-refractivity contribution in [3.05, 3.63) is 95.3 Å². The molecule has 1 heterocycles. The fourth-order valence-corrected chi connectivity index (χ4v) is 3.40. The summed E-state index contributed by atoms with van der Waals surface area (Å²) in [5.74, 6) is 0.0132. The summed E-state index contributed by atoms with van der Waals surface area (Å²) in [5, 5.41) is 0. The summed E-state index contributed by atoms with van der Waals surface area (Å²) >= 11 is 0. The van der Waals surface area contributed by atoms with Crippen molar-refractivity contribution in [2.24, 2.45) is 0 Å². The number of amides is 1. The summed E-state index contributed by atoms with van der Waals surface area (Å²) in [6.45, 7) is 8.10. The zero-order chi connectivity index (χ0) is 20.6. The smallest absolute Gasteiger partial charge is 0.249 e. The predicted molar refractivity (Wildman–Crippen MR) is 116 cm³/mol. The van der Waals surface area contributed by atoms with E-state index in [2.05, 4.69) is 48.0 Å². The molecule has 0 radical (unpaired) electrons. The topological polar surface area (TPSA) is 34.5 Å². The van der Waals surface area contributed by atoms with E-state index in [9.17, 15) is 4.79 Å². The Bertz CT molecular complexity index is 915. The van der Waals surface area contributed by atoms with E-state index in [-0.39, 0.29) is 18.6 Å². The molecule has 0 aliphatic heterocycles. The van der Waals surface area contributed by atoms with Crippen LogP contribution in [0.5, 0.6) is 0 Å². The molecule has 3 rings (SSSR count). The van der Waals surface area contributed by atoms with Crippen LogP contribution in [0.1, 0.15) is 36.2 Å². The largest absolute Gasteiger partial charge is 0.367 e. The van der Waals surface area contributed by atoms with Gasteiger partial charge in [0.1, 0.15) is 6.61 Å². The van der Waals surface area contributed by atoms with Crippen LogP contribution in [0.25, 0.3) is 0 Å². The summed E-state index contributed by atoms with van der Waals surface area (Å²) < 4.78 is 7.88. The highest BCUT2D eigenvalue weighted by molar-refractivity contribution is 5.77. The highest BCUT2D eigenvalue weighted by Crippen LogP contribution is 2.14. The third-order valence-corrected chi connectivity index (χ3v) is 4.97. The molecule has 2 aromatic carbocycles. The van der Waals surface area contributed by atoms with Gasteiger partial charge in [0, 0.05) is 24.5 Å². The highest BCUT2D eigenvalue weighted by Gasteiger charge is 2.19. The maximum Gasteiger partial charge on any atom is 0.249 e. The first-order valence-corrected chi connectivity index (χ1v) is 10.1. The average Bonchev–Trinajstić information content (AvgIpc) is 3.13. The molecule has 152 valence electrons. The fraction of sp³-hybridized carbons (Fsp3) is 0.320. The molecular formula is C25H30N2O2. The molecule has 29 heavy (non-hydrogen) atoms. The van der Waals surface area contributed by atoms with E-state index >= 15 is 0 Å². The molecule has 0 unspecified atom stereocenters. The van der Waals surface area contributed by atoms with Gasteiger partial charge in [-0.05, 0) is 44.0 Å². The second-order valence-electron chi connectivity index (χ2n) is 7.71. The Labute approximate surface area is 173 Å². The molecule has 0 aliphatic carbocycles. The van der Waals surface area contributed by atoms with Gasteiger partial charge in [0.15, 0.2) is 0 Å². The Morgan fingerprint density at radius 2 is 1.76 bits per heavy atom. The minimum Gasteiger partial charge on any atom is -0.367 e. The third kappa shape index (κ3) is 6.06. The standard InChI is InChI=1S/C25H30N2O2/c1-20(2)27(25(28)19-29-18-22-10-5-4-6-11-22)17-24-13-8-14-26(24)16-23-12-7-9-21(3)15-23/h4-15,20H,16-19H2,1-3H3.